The molecule has 0 unspecified atom stereocenters. The van der Waals surface area contributed by atoms with E-state index in [0.29, 0.717) is 5.92 Å². The van der Waals surface area contributed by atoms with Crippen LogP contribution in [-0.2, 0) is 0 Å². The fraction of sp³-hybridized carbons (Fsp3) is 0.579. The minimum absolute atomic E-state index is 0.653. The number of hydrogen-bond acceptors (Lipinski definition) is 4. The molecule has 1 aliphatic heterocycles. The second kappa shape index (κ2) is 17.3. The molecule has 0 bridgehead atoms. The zero-order valence-electron chi connectivity index (χ0n) is 27.0. The average Bonchev–Trinajstić information content (AvgIpc) is 3.02. The molecular weight excluding hydrogens is 514 g/mol. The lowest BCUT2D eigenvalue weighted by Gasteiger charge is -2.21. The minimum Gasteiger partial charge on any atom is -0.453 e. The van der Waals surface area contributed by atoms with Crippen LogP contribution in [0.3, 0.4) is 0 Å². The molecule has 0 N–H and O–H groups in total. The Balaban J connectivity index is 1.60. The van der Waals surface area contributed by atoms with Crippen LogP contribution < -0.4 is 10.3 Å². The molecule has 4 rings (SSSR count). The van der Waals surface area contributed by atoms with Gasteiger partial charge in [-0.25, -0.2) is 4.98 Å². The molecule has 0 aromatic heterocycles. The van der Waals surface area contributed by atoms with Crippen LogP contribution in [0, 0.1) is 5.92 Å². The van der Waals surface area contributed by atoms with Gasteiger partial charge < -0.3 is 9.32 Å². The van der Waals surface area contributed by atoms with Crippen LogP contribution in [0.1, 0.15) is 118 Å². The Labute approximate surface area is 255 Å². The third-order valence-electron chi connectivity index (χ3n) is 8.94. The number of unbranched alkanes of at least 4 members (excludes halogenated alkanes) is 10. The Hall–Kier alpha value is -2.88. The molecule has 0 spiro atoms. The van der Waals surface area contributed by atoms with E-state index >= 15 is 0 Å². The Kier molecular flexibility index (Phi) is 13.2. The average molecular weight is 570 g/mol. The summed E-state index contributed by atoms with van der Waals surface area (Å²) in [6.07, 6.45) is 18.9. The summed E-state index contributed by atoms with van der Waals surface area (Å²) in [6, 6.07) is 17.1. The van der Waals surface area contributed by atoms with Gasteiger partial charge in [0.1, 0.15) is 11.2 Å². The standard InChI is InChI=1S/C38H55N3O/c1-5-9-11-13-15-17-21-30(22-18-16-14-12-10-6-2)29-39-35-28-37-38(33-24-20-19-23-32(33)35)40-34-26-25-31(27-36(34)42-37)41(7-3)8-4/h19-20,23-28,30H,5-18,21-22,29H2,1-4H3. The van der Waals surface area contributed by atoms with E-state index in [1.54, 1.807) is 0 Å². The van der Waals surface area contributed by atoms with Gasteiger partial charge in [0.15, 0.2) is 11.3 Å². The molecule has 228 valence electrons. The number of fused-ring (bicyclic) bond motifs is 4. The lowest BCUT2D eigenvalue weighted by Crippen LogP contribution is -2.21. The molecule has 4 nitrogen and oxygen atoms in total. The highest BCUT2D eigenvalue weighted by Gasteiger charge is 2.16. The van der Waals surface area contributed by atoms with Gasteiger partial charge >= 0.3 is 0 Å². The van der Waals surface area contributed by atoms with Gasteiger partial charge in [0.05, 0.1) is 5.36 Å². The van der Waals surface area contributed by atoms with Crippen molar-refractivity contribution in [3.8, 4) is 11.5 Å². The third-order valence-corrected chi connectivity index (χ3v) is 8.94. The van der Waals surface area contributed by atoms with Crippen molar-refractivity contribution in [2.75, 3.05) is 24.5 Å². The molecule has 2 aromatic rings. The van der Waals surface area contributed by atoms with Crippen LogP contribution in [0.5, 0.6) is 0 Å². The zero-order chi connectivity index (χ0) is 29.6. The maximum Gasteiger partial charge on any atom is 0.155 e. The van der Waals surface area contributed by atoms with Gasteiger partial charge in [-0.15, -0.1) is 0 Å². The smallest absolute Gasteiger partial charge is 0.155 e. The van der Waals surface area contributed by atoms with Crippen molar-refractivity contribution >= 4 is 27.6 Å². The monoisotopic (exact) mass is 569 g/mol. The molecule has 4 heteroatoms. The number of benzene rings is 3. The summed E-state index contributed by atoms with van der Waals surface area (Å²) in [6.45, 7) is 11.8. The second-order valence-electron chi connectivity index (χ2n) is 12.1. The van der Waals surface area contributed by atoms with Gasteiger partial charge in [-0.1, -0.05) is 115 Å². The van der Waals surface area contributed by atoms with E-state index in [9.17, 15) is 0 Å². The summed E-state index contributed by atoms with van der Waals surface area (Å²) < 4.78 is 6.56. The number of aromatic nitrogens is 1. The molecule has 0 radical (unpaired) electrons. The number of nitrogens with zero attached hydrogens (tertiary/aromatic N) is 3. The Morgan fingerprint density at radius 3 is 1.98 bits per heavy atom. The Bertz CT molecular complexity index is 1370. The van der Waals surface area contributed by atoms with Crippen molar-refractivity contribution in [2.45, 2.75) is 118 Å². The van der Waals surface area contributed by atoms with Crippen molar-refractivity contribution in [3.63, 3.8) is 0 Å². The van der Waals surface area contributed by atoms with E-state index in [1.807, 2.05) is 0 Å². The molecular formula is C38H55N3O. The van der Waals surface area contributed by atoms with Gasteiger partial charge in [0, 0.05) is 48.2 Å². The summed E-state index contributed by atoms with van der Waals surface area (Å²) in [4.78, 5) is 12.7. The van der Waals surface area contributed by atoms with E-state index in [4.69, 9.17) is 14.4 Å². The third kappa shape index (κ3) is 8.82. The molecule has 42 heavy (non-hydrogen) atoms. The fourth-order valence-corrected chi connectivity index (χ4v) is 6.32. The number of hydrogen-bond donors (Lipinski definition) is 0. The Morgan fingerprint density at radius 2 is 1.33 bits per heavy atom. The molecule has 1 heterocycles. The van der Waals surface area contributed by atoms with Crippen LogP contribution >= 0.6 is 0 Å². The first-order valence-corrected chi connectivity index (χ1v) is 17.2. The first-order chi connectivity index (χ1) is 20.7. The summed E-state index contributed by atoms with van der Waals surface area (Å²) in [5.74, 6) is 1.47. The SMILES string of the molecule is CCCCCCCCC(CCCCCCCC)CN=c1cc2oc3cc(N(CC)CC)ccc3nc-2c2ccccc12. The fourth-order valence-electron chi connectivity index (χ4n) is 6.32. The van der Waals surface area contributed by atoms with E-state index in [2.05, 4.69) is 81.1 Å². The maximum atomic E-state index is 6.56. The molecule has 0 saturated heterocycles. The van der Waals surface area contributed by atoms with E-state index in [0.717, 1.165) is 52.9 Å². The number of rotatable bonds is 19. The van der Waals surface area contributed by atoms with Gasteiger partial charge in [0.25, 0.3) is 0 Å². The molecule has 0 saturated carbocycles. The van der Waals surface area contributed by atoms with Crippen molar-refractivity contribution in [1.29, 1.82) is 0 Å². The van der Waals surface area contributed by atoms with Gasteiger partial charge in [-0.2, -0.15) is 0 Å². The number of anilines is 1. The van der Waals surface area contributed by atoms with Crippen molar-refractivity contribution in [2.24, 2.45) is 10.9 Å². The quantitative estimate of drug-likeness (QED) is 0.0640. The highest BCUT2D eigenvalue weighted by Crippen LogP contribution is 2.32. The van der Waals surface area contributed by atoms with Crippen LogP contribution in [0.4, 0.5) is 5.69 Å². The lowest BCUT2D eigenvalue weighted by molar-refractivity contribution is 0.409. The summed E-state index contributed by atoms with van der Waals surface area (Å²) in [7, 11) is 0. The van der Waals surface area contributed by atoms with Crippen LogP contribution in [-0.4, -0.2) is 24.6 Å². The van der Waals surface area contributed by atoms with Gasteiger partial charge in [-0.05, 0) is 44.7 Å². The molecule has 2 aromatic carbocycles. The van der Waals surface area contributed by atoms with Gasteiger partial charge in [-0.3, -0.25) is 4.99 Å². The van der Waals surface area contributed by atoms with Crippen LogP contribution in [0.25, 0.3) is 33.3 Å². The van der Waals surface area contributed by atoms with E-state index in [-0.39, 0.29) is 0 Å². The van der Waals surface area contributed by atoms with Gasteiger partial charge in [0.2, 0.25) is 0 Å². The lowest BCUT2D eigenvalue weighted by atomic mass is 9.94. The van der Waals surface area contributed by atoms with E-state index < -0.39 is 0 Å². The van der Waals surface area contributed by atoms with Crippen LogP contribution in [0.2, 0.25) is 0 Å². The maximum absolute atomic E-state index is 6.56. The summed E-state index contributed by atoms with van der Waals surface area (Å²) in [5.41, 5.74) is 3.82. The molecule has 0 fully saturated rings. The highest BCUT2D eigenvalue weighted by molar-refractivity contribution is 5.96. The second-order valence-corrected chi connectivity index (χ2v) is 12.1. The van der Waals surface area contributed by atoms with Crippen molar-refractivity contribution in [1.82, 2.24) is 4.98 Å². The first kappa shape index (κ1) is 32.0. The Morgan fingerprint density at radius 1 is 0.714 bits per heavy atom. The van der Waals surface area contributed by atoms with Crippen molar-refractivity contribution < 1.29 is 4.42 Å². The summed E-state index contributed by atoms with van der Waals surface area (Å²) >= 11 is 0. The molecule has 1 aliphatic carbocycles. The molecule has 0 amide bonds. The highest BCUT2D eigenvalue weighted by atomic mass is 16.3. The minimum atomic E-state index is 0.653. The normalized spacial score (nSPS) is 12.4. The summed E-state index contributed by atoms with van der Waals surface area (Å²) in [5, 5.41) is 3.33. The predicted molar refractivity (Wildman–Crippen MR) is 182 cm³/mol. The molecule has 0 atom stereocenters. The van der Waals surface area contributed by atoms with Crippen molar-refractivity contribution in [3.05, 3.63) is 53.9 Å². The molecule has 2 aliphatic rings. The largest absolute Gasteiger partial charge is 0.453 e. The topological polar surface area (TPSA) is 41.6 Å². The first-order valence-electron chi connectivity index (χ1n) is 17.2. The zero-order valence-corrected chi connectivity index (χ0v) is 27.0. The van der Waals surface area contributed by atoms with Crippen LogP contribution in [0.15, 0.2) is 57.9 Å². The van der Waals surface area contributed by atoms with E-state index in [1.165, 1.54) is 101 Å². The predicted octanol–water partition coefficient (Wildman–Crippen LogP) is 11.0.